The topological polar surface area (TPSA) is 85.0 Å². The molecule has 0 bridgehead atoms. The molecule has 9 heteroatoms. The maximum absolute atomic E-state index is 4.67. The van der Waals surface area contributed by atoms with Crippen LogP contribution in [0, 0.1) is 6.92 Å². The van der Waals surface area contributed by atoms with Crippen LogP contribution >= 0.6 is 11.3 Å². The molecule has 144 valence electrons. The number of aromatic nitrogens is 5. The SMILES string of the molecule is Cc1nnc(CN=C(NCCCn2cccn2)NCCc2cccs2)n1C. The molecule has 27 heavy (non-hydrogen) atoms. The Morgan fingerprint density at radius 1 is 1.22 bits per heavy atom. The lowest BCUT2D eigenvalue weighted by molar-refractivity contribution is 0.570. The number of rotatable bonds is 9. The van der Waals surface area contributed by atoms with Crippen LogP contribution in [0.4, 0.5) is 0 Å². The van der Waals surface area contributed by atoms with Crippen LogP contribution in [0.5, 0.6) is 0 Å². The average Bonchev–Trinajstić information content (AvgIpc) is 3.42. The van der Waals surface area contributed by atoms with Crippen LogP contribution in [-0.4, -0.2) is 43.6 Å². The highest BCUT2D eigenvalue weighted by molar-refractivity contribution is 7.09. The van der Waals surface area contributed by atoms with Gasteiger partial charge in [-0.05, 0) is 37.3 Å². The number of nitrogens with one attached hydrogen (secondary N) is 2. The Morgan fingerprint density at radius 2 is 2.11 bits per heavy atom. The summed E-state index contributed by atoms with van der Waals surface area (Å²) in [6.07, 6.45) is 5.73. The number of aliphatic imine (C=N–C) groups is 1. The van der Waals surface area contributed by atoms with Crippen molar-refractivity contribution in [3.05, 3.63) is 52.5 Å². The minimum absolute atomic E-state index is 0.491. The number of guanidine groups is 1. The maximum Gasteiger partial charge on any atom is 0.191 e. The van der Waals surface area contributed by atoms with Gasteiger partial charge in [-0.1, -0.05) is 6.07 Å². The normalized spacial score (nSPS) is 11.7. The van der Waals surface area contributed by atoms with Crippen LogP contribution in [0.25, 0.3) is 0 Å². The predicted molar refractivity (Wildman–Crippen MR) is 108 cm³/mol. The van der Waals surface area contributed by atoms with Crippen LogP contribution < -0.4 is 10.6 Å². The van der Waals surface area contributed by atoms with Gasteiger partial charge in [-0.3, -0.25) is 4.68 Å². The molecule has 0 unspecified atom stereocenters. The van der Waals surface area contributed by atoms with E-state index >= 15 is 0 Å². The zero-order valence-corrected chi connectivity index (χ0v) is 16.6. The molecule has 0 aromatic carbocycles. The molecule has 8 nitrogen and oxygen atoms in total. The average molecular weight is 387 g/mol. The van der Waals surface area contributed by atoms with Crippen molar-refractivity contribution in [3.63, 3.8) is 0 Å². The fourth-order valence-electron chi connectivity index (χ4n) is 2.55. The van der Waals surface area contributed by atoms with Crippen molar-refractivity contribution in [1.82, 2.24) is 35.2 Å². The molecule has 3 rings (SSSR count). The molecule has 0 aliphatic heterocycles. The standard InChI is InChI=1S/C18H26N8S/c1-15-23-24-17(25(15)2)14-21-18(20-10-7-16-6-3-13-27-16)19-8-4-11-26-12-5-9-22-26/h3,5-6,9,12-13H,4,7-8,10-11,14H2,1-2H3,(H2,19,20,21). The fraction of sp³-hybridized carbons (Fsp3) is 0.444. The summed E-state index contributed by atoms with van der Waals surface area (Å²) >= 11 is 1.78. The first-order chi connectivity index (χ1) is 13.2. The minimum atomic E-state index is 0.491. The predicted octanol–water partition coefficient (Wildman–Crippen LogP) is 1.75. The van der Waals surface area contributed by atoms with Gasteiger partial charge >= 0.3 is 0 Å². The summed E-state index contributed by atoms with van der Waals surface area (Å²) in [6.45, 7) is 4.97. The minimum Gasteiger partial charge on any atom is -0.356 e. The summed E-state index contributed by atoms with van der Waals surface area (Å²) in [4.78, 5) is 6.04. The van der Waals surface area contributed by atoms with Crippen molar-refractivity contribution in [3.8, 4) is 0 Å². The van der Waals surface area contributed by atoms with E-state index in [0.29, 0.717) is 6.54 Å². The summed E-state index contributed by atoms with van der Waals surface area (Å²) in [5, 5.41) is 21.4. The maximum atomic E-state index is 4.67. The lowest BCUT2D eigenvalue weighted by Crippen LogP contribution is -2.39. The van der Waals surface area contributed by atoms with E-state index in [9.17, 15) is 0 Å². The van der Waals surface area contributed by atoms with Gasteiger partial charge in [-0.2, -0.15) is 5.10 Å². The summed E-state index contributed by atoms with van der Waals surface area (Å²) in [7, 11) is 1.96. The van der Waals surface area contributed by atoms with E-state index in [4.69, 9.17) is 0 Å². The second-order valence-corrected chi connectivity index (χ2v) is 7.23. The van der Waals surface area contributed by atoms with Crippen LogP contribution in [0.15, 0.2) is 41.0 Å². The second-order valence-electron chi connectivity index (χ2n) is 6.19. The molecular formula is C18H26N8S. The largest absolute Gasteiger partial charge is 0.356 e. The van der Waals surface area contributed by atoms with E-state index in [1.807, 2.05) is 35.5 Å². The first-order valence-electron chi connectivity index (χ1n) is 9.09. The zero-order chi connectivity index (χ0) is 18.9. The van der Waals surface area contributed by atoms with Crippen molar-refractivity contribution in [2.45, 2.75) is 32.9 Å². The molecular weight excluding hydrogens is 360 g/mol. The third-order valence-corrected chi connectivity index (χ3v) is 5.16. The van der Waals surface area contributed by atoms with Crippen LogP contribution in [0.1, 0.15) is 22.9 Å². The second kappa shape index (κ2) is 9.86. The number of hydrogen-bond donors (Lipinski definition) is 2. The van der Waals surface area contributed by atoms with E-state index < -0.39 is 0 Å². The Kier molecular flexibility index (Phi) is 6.97. The Balaban J connectivity index is 1.51. The highest BCUT2D eigenvalue weighted by atomic mass is 32.1. The third-order valence-electron chi connectivity index (χ3n) is 4.22. The molecule has 0 radical (unpaired) electrons. The molecule has 0 spiro atoms. The molecule has 0 saturated heterocycles. The van der Waals surface area contributed by atoms with Crippen LogP contribution in [-0.2, 0) is 26.6 Å². The monoisotopic (exact) mass is 386 g/mol. The van der Waals surface area contributed by atoms with E-state index in [1.165, 1.54) is 4.88 Å². The molecule has 0 saturated carbocycles. The van der Waals surface area contributed by atoms with Crippen molar-refractivity contribution >= 4 is 17.3 Å². The molecule has 0 aliphatic carbocycles. The number of hydrogen-bond acceptors (Lipinski definition) is 5. The Bertz CT molecular complexity index is 820. The lowest BCUT2D eigenvalue weighted by atomic mass is 10.3. The number of aryl methyl sites for hydroxylation is 2. The Morgan fingerprint density at radius 3 is 2.81 bits per heavy atom. The molecule has 2 N–H and O–H groups in total. The van der Waals surface area contributed by atoms with Crippen LogP contribution in [0.2, 0.25) is 0 Å². The fourth-order valence-corrected chi connectivity index (χ4v) is 3.26. The zero-order valence-electron chi connectivity index (χ0n) is 15.8. The van der Waals surface area contributed by atoms with Gasteiger partial charge in [0.25, 0.3) is 0 Å². The summed E-state index contributed by atoms with van der Waals surface area (Å²) < 4.78 is 3.90. The van der Waals surface area contributed by atoms with E-state index in [-0.39, 0.29) is 0 Å². The highest BCUT2D eigenvalue weighted by Crippen LogP contribution is 2.08. The summed E-state index contributed by atoms with van der Waals surface area (Å²) in [6, 6.07) is 6.18. The summed E-state index contributed by atoms with van der Waals surface area (Å²) in [5.41, 5.74) is 0. The lowest BCUT2D eigenvalue weighted by Gasteiger charge is -2.12. The van der Waals surface area contributed by atoms with E-state index in [1.54, 1.807) is 17.5 Å². The van der Waals surface area contributed by atoms with Gasteiger partial charge in [0, 0.05) is 44.0 Å². The van der Waals surface area contributed by atoms with Crippen molar-refractivity contribution in [2.75, 3.05) is 13.1 Å². The third kappa shape index (κ3) is 5.92. The van der Waals surface area contributed by atoms with Gasteiger partial charge in [0.05, 0.1) is 0 Å². The smallest absolute Gasteiger partial charge is 0.191 e. The first kappa shape index (κ1) is 19.1. The number of nitrogens with zero attached hydrogens (tertiary/aromatic N) is 6. The molecule has 0 atom stereocenters. The number of thiophene rings is 1. The van der Waals surface area contributed by atoms with Crippen LogP contribution in [0.3, 0.4) is 0 Å². The molecule has 3 aromatic heterocycles. The van der Waals surface area contributed by atoms with E-state index in [0.717, 1.165) is 50.1 Å². The Hall–Kier alpha value is -2.68. The first-order valence-corrected chi connectivity index (χ1v) is 9.97. The van der Waals surface area contributed by atoms with Gasteiger partial charge in [0.15, 0.2) is 11.8 Å². The van der Waals surface area contributed by atoms with Gasteiger partial charge in [0.2, 0.25) is 0 Å². The molecule has 0 aliphatic rings. The summed E-state index contributed by atoms with van der Waals surface area (Å²) in [5.74, 6) is 2.54. The van der Waals surface area contributed by atoms with Gasteiger partial charge < -0.3 is 15.2 Å². The van der Waals surface area contributed by atoms with Crippen molar-refractivity contribution in [2.24, 2.45) is 12.0 Å². The molecule has 0 fully saturated rings. The molecule has 0 amide bonds. The van der Waals surface area contributed by atoms with Gasteiger partial charge in [-0.25, -0.2) is 4.99 Å². The van der Waals surface area contributed by atoms with Gasteiger partial charge in [-0.15, -0.1) is 21.5 Å². The van der Waals surface area contributed by atoms with Gasteiger partial charge in [0.1, 0.15) is 12.4 Å². The molecule has 3 aromatic rings. The van der Waals surface area contributed by atoms with Crippen molar-refractivity contribution < 1.29 is 0 Å². The molecule has 3 heterocycles. The van der Waals surface area contributed by atoms with Crippen molar-refractivity contribution in [1.29, 1.82) is 0 Å². The quantitative estimate of drug-likeness (QED) is 0.332. The highest BCUT2D eigenvalue weighted by Gasteiger charge is 2.05. The Labute approximate surface area is 163 Å². The van der Waals surface area contributed by atoms with E-state index in [2.05, 4.69) is 48.4 Å².